The summed E-state index contributed by atoms with van der Waals surface area (Å²) in [6, 6.07) is 12.9. The Bertz CT molecular complexity index is 996. The molecule has 1 aromatic heterocycles. The van der Waals surface area contributed by atoms with Crippen LogP contribution in [0.1, 0.15) is 12.8 Å². The Kier molecular flexibility index (Phi) is 5.00. The van der Waals surface area contributed by atoms with Crippen molar-refractivity contribution in [3.05, 3.63) is 59.9 Å². The highest BCUT2D eigenvalue weighted by Crippen LogP contribution is 2.47. The lowest BCUT2D eigenvalue weighted by molar-refractivity contribution is -0.215. The van der Waals surface area contributed by atoms with Gasteiger partial charge in [-0.1, -0.05) is 23.7 Å². The van der Waals surface area contributed by atoms with Gasteiger partial charge in [0.2, 0.25) is 0 Å². The van der Waals surface area contributed by atoms with Gasteiger partial charge in [0, 0.05) is 30.3 Å². The zero-order valence-corrected chi connectivity index (χ0v) is 16.5. The number of nitrogens with one attached hydrogen (secondary N) is 1. The molecule has 0 amide bonds. The van der Waals surface area contributed by atoms with E-state index in [0.717, 1.165) is 22.3 Å². The molecular formula is C22H20ClF2NO3. The monoisotopic (exact) mass is 419 g/mol. The molecule has 0 spiro atoms. The largest absolute Gasteiger partial charge is 0.493 e. The Morgan fingerprint density at radius 2 is 1.69 bits per heavy atom. The molecule has 1 aliphatic rings. The van der Waals surface area contributed by atoms with Crippen LogP contribution in [0.3, 0.4) is 0 Å². The predicted molar refractivity (Wildman–Crippen MR) is 108 cm³/mol. The molecule has 0 radical (unpaired) electrons. The third-order valence-electron chi connectivity index (χ3n) is 5.04. The topological polar surface area (TPSA) is 54.5 Å². The van der Waals surface area contributed by atoms with Gasteiger partial charge in [0.1, 0.15) is 12.2 Å². The normalized spacial score (nSPS) is 16.9. The van der Waals surface area contributed by atoms with E-state index in [1.165, 1.54) is 7.11 Å². The molecule has 29 heavy (non-hydrogen) atoms. The Morgan fingerprint density at radius 3 is 2.28 bits per heavy atom. The molecule has 1 heterocycles. The minimum absolute atomic E-state index is 0.234. The number of aromatic amines is 1. The molecule has 0 aliphatic heterocycles. The van der Waals surface area contributed by atoms with Crippen molar-refractivity contribution in [1.82, 2.24) is 4.98 Å². The number of methoxy groups -OCH3 is 1. The third-order valence-corrected chi connectivity index (χ3v) is 5.29. The molecule has 1 fully saturated rings. The first-order valence-corrected chi connectivity index (χ1v) is 9.51. The number of halogens is 3. The van der Waals surface area contributed by atoms with Gasteiger partial charge < -0.3 is 19.6 Å². The highest BCUT2D eigenvalue weighted by atomic mass is 35.5. The van der Waals surface area contributed by atoms with Crippen molar-refractivity contribution >= 4 is 11.6 Å². The lowest BCUT2D eigenvalue weighted by Gasteiger charge is -2.42. The van der Waals surface area contributed by atoms with Gasteiger partial charge in [0.15, 0.2) is 11.5 Å². The number of alkyl halides is 2. The molecule has 7 heteroatoms. The highest BCUT2D eigenvalue weighted by molar-refractivity contribution is 6.30. The predicted octanol–water partition coefficient (Wildman–Crippen LogP) is 5.55. The van der Waals surface area contributed by atoms with Gasteiger partial charge in [-0.2, -0.15) is 0 Å². The highest BCUT2D eigenvalue weighted by Gasteiger charge is 2.56. The molecule has 0 saturated heterocycles. The molecule has 0 bridgehead atoms. The van der Waals surface area contributed by atoms with Gasteiger partial charge in [-0.25, -0.2) is 8.78 Å². The smallest absolute Gasteiger partial charge is 0.253 e. The molecule has 2 N–H and O–H groups in total. The molecule has 0 atom stereocenters. The van der Waals surface area contributed by atoms with Crippen LogP contribution < -0.4 is 9.47 Å². The van der Waals surface area contributed by atoms with Crippen LogP contribution in [-0.4, -0.2) is 35.3 Å². The average molecular weight is 420 g/mol. The van der Waals surface area contributed by atoms with Gasteiger partial charge in [-0.15, -0.1) is 0 Å². The van der Waals surface area contributed by atoms with Crippen LogP contribution in [0.5, 0.6) is 11.5 Å². The number of hydrogen-bond acceptors (Lipinski definition) is 3. The summed E-state index contributed by atoms with van der Waals surface area (Å²) in [5, 5.41) is 10.8. The summed E-state index contributed by atoms with van der Waals surface area (Å²) in [5.74, 6) is -2.01. The Morgan fingerprint density at radius 1 is 1.03 bits per heavy atom. The Hall–Kier alpha value is -2.57. The standard InChI is InChI=1S/C22H20ClF2NO3/c1-28-19-8-18(15-6-7-26-10-15)17(14-2-4-16(23)5-3-14)9-20(19)29-13-21(27)11-22(24,25)12-21/h2-10,26-27H,11-13H2,1H3. The molecule has 4 nitrogen and oxygen atoms in total. The minimum Gasteiger partial charge on any atom is -0.493 e. The summed E-state index contributed by atoms with van der Waals surface area (Å²) >= 11 is 6.02. The van der Waals surface area contributed by atoms with E-state index in [2.05, 4.69) is 4.98 Å². The maximum absolute atomic E-state index is 13.2. The van der Waals surface area contributed by atoms with E-state index < -0.39 is 24.4 Å². The number of aliphatic hydroxyl groups is 1. The van der Waals surface area contributed by atoms with Crippen molar-refractivity contribution in [2.75, 3.05) is 13.7 Å². The second-order valence-corrected chi connectivity index (χ2v) is 7.81. The van der Waals surface area contributed by atoms with Gasteiger partial charge in [-0.3, -0.25) is 0 Å². The van der Waals surface area contributed by atoms with E-state index in [1.807, 2.05) is 36.7 Å². The fraction of sp³-hybridized carbons (Fsp3) is 0.273. The SMILES string of the molecule is COc1cc(-c2cc[nH]c2)c(-c2ccc(Cl)cc2)cc1OCC1(O)CC(F)(F)C1. The molecule has 152 valence electrons. The third kappa shape index (κ3) is 4.09. The quantitative estimate of drug-likeness (QED) is 0.550. The van der Waals surface area contributed by atoms with E-state index in [4.69, 9.17) is 21.1 Å². The number of aromatic nitrogens is 1. The number of rotatable bonds is 6. The van der Waals surface area contributed by atoms with Crippen molar-refractivity contribution < 1.29 is 23.4 Å². The summed E-state index contributed by atoms with van der Waals surface area (Å²) in [7, 11) is 1.51. The first-order chi connectivity index (χ1) is 13.8. The van der Waals surface area contributed by atoms with Crippen LogP contribution >= 0.6 is 11.6 Å². The molecule has 4 rings (SSSR count). The Balaban J connectivity index is 1.72. The van der Waals surface area contributed by atoms with Crippen LogP contribution in [0.4, 0.5) is 8.78 Å². The number of hydrogen-bond donors (Lipinski definition) is 2. The fourth-order valence-electron chi connectivity index (χ4n) is 3.66. The number of H-pyrrole nitrogens is 1. The maximum atomic E-state index is 13.2. The van der Waals surface area contributed by atoms with E-state index >= 15 is 0 Å². The van der Waals surface area contributed by atoms with Gasteiger partial charge in [-0.05, 0) is 52.6 Å². The summed E-state index contributed by atoms with van der Waals surface area (Å²) in [6.45, 7) is -0.234. The minimum atomic E-state index is -2.84. The van der Waals surface area contributed by atoms with Crippen LogP contribution in [0, 0.1) is 0 Å². The zero-order chi connectivity index (χ0) is 20.6. The van der Waals surface area contributed by atoms with E-state index in [-0.39, 0.29) is 6.61 Å². The lowest BCUT2D eigenvalue weighted by atomic mass is 9.77. The first-order valence-electron chi connectivity index (χ1n) is 9.13. The van der Waals surface area contributed by atoms with Crippen LogP contribution in [-0.2, 0) is 0 Å². The molecule has 3 aromatic rings. The van der Waals surface area contributed by atoms with Gasteiger partial charge >= 0.3 is 0 Å². The average Bonchev–Trinajstić information content (AvgIpc) is 3.19. The van der Waals surface area contributed by atoms with Crippen LogP contribution in [0.2, 0.25) is 5.02 Å². The summed E-state index contributed by atoms with van der Waals surface area (Å²) < 4.78 is 37.6. The molecule has 2 aromatic carbocycles. The first kappa shape index (κ1) is 19.7. The fourth-order valence-corrected chi connectivity index (χ4v) is 3.78. The van der Waals surface area contributed by atoms with Crippen molar-refractivity contribution in [3.8, 4) is 33.8 Å². The van der Waals surface area contributed by atoms with E-state index in [0.29, 0.717) is 16.5 Å². The van der Waals surface area contributed by atoms with Gasteiger partial charge in [0.05, 0.1) is 7.11 Å². The van der Waals surface area contributed by atoms with E-state index in [9.17, 15) is 13.9 Å². The number of ether oxygens (including phenoxy) is 2. The van der Waals surface area contributed by atoms with Crippen molar-refractivity contribution in [2.45, 2.75) is 24.4 Å². The molecule has 1 saturated carbocycles. The summed E-state index contributed by atoms with van der Waals surface area (Å²) in [4.78, 5) is 3.04. The molecule has 0 unspecified atom stereocenters. The Labute approximate surface area is 172 Å². The van der Waals surface area contributed by atoms with Crippen molar-refractivity contribution in [3.63, 3.8) is 0 Å². The molecular weight excluding hydrogens is 400 g/mol. The summed E-state index contributed by atoms with van der Waals surface area (Å²) in [5.41, 5.74) is 2.10. The summed E-state index contributed by atoms with van der Waals surface area (Å²) in [6.07, 6.45) is 2.49. The zero-order valence-electron chi connectivity index (χ0n) is 15.7. The second kappa shape index (κ2) is 7.35. The molecule has 1 aliphatic carbocycles. The van der Waals surface area contributed by atoms with E-state index in [1.54, 1.807) is 18.2 Å². The van der Waals surface area contributed by atoms with Crippen molar-refractivity contribution in [1.29, 1.82) is 0 Å². The van der Waals surface area contributed by atoms with Crippen LogP contribution in [0.25, 0.3) is 22.3 Å². The van der Waals surface area contributed by atoms with Gasteiger partial charge in [0.25, 0.3) is 5.92 Å². The van der Waals surface area contributed by atoms with Crippen LogP contribution in [0.15, 0.2) is 54.9 Å². The lowest BCUT2D eigenvalue weighted by Crippen LogP contribution is -2.55. The van der Waals surface area contributed by atoms with Crippen molar-refractivity contribution in [2.24, 2.45) is 0 Å². The second-order valence-electron chi connectivity index (χ2n) is 7.38. The maximum Gasteiger partial charge on any atom is 0.253 e. The number of benzene rings is 2.